The molecule has 3 heterocycles. The van der Waals surface area contributed by atoms with Crippen molar-refractivity contribution in [2.45, 2.75) is 18.9 Å². The average molecular weight is 513 g/mol. The van der Waals surface area contributed by atoms with Gasteiger partial charge in [0.1, 0.15) is 23.2 Å². The van der Waals surface area contributed by atoms with E-state index in [0.29, 0.717) is 16.8 Å². The lowest BCUT2D eigenvalue weighted by molar-refractivity contribution is -0.117. The quantitative estimate of drug-likeness (QED) is 0.302. The largest absolute Gasteiger partial charge is 0.507 e. The monoisotopic (exact) mass is 512 g/mol. The van der Waals surface area contributed by atoms with Crippen LogP contribution in [0.25, 0.3) is 22.4 Å². The van der Waals surface area contributed by atoms with E-state index < -0.39 is 11.7 Å². The molecule has 0 aliphatic carbocycles. The van der Waals surface area contributed by atoms with E-state index in [1.165, 1.54) is 18.3 Å². The number of hydrogen-bond acceptors (Lipinski definition) is 8. The number of halogens is 1. The van der Waals surface area contributed by atoms with Crippen molar-refractivity contribution in [2.24, 2.45) is 0 Å². The van der Waals surface area contributed by atoms with E-state index in [4.69, 9.17) is 4.52 Å². The third-order valence-corrected chi connectivity index (χ3v) is 6.08. The van der Waals surface area contributed by atoms with Crippen LogP contribution >= 0.6 is 0 Å². The summed E-state index contributed by atoms with van der Waals surface area (Å²) in [6.45, 7) is 0.780. The molecule has 2 aromatic heterocycles. The summed E-state index contributed by atoms with van der Waals surface area (Å²) in [5.74, 6) is -2.06. The van der Waals surface area contributed by atoms with E-state index in [-0.39, 0.29) is 46.1 Å². The van der Waals surface area contributed by atoms with Crippen LogP contribution in [-0.4, -0.2) is 39.6 Å². The zero-order valence-electron chi connectivity index (χ0n) is 19.9. The van der Waals surface area contributed by atoms with Gasteiger partial charge in [0.15, 0.2) is 5.82 Å². The average Bonchev–Trinajstić information content (AvgIpc) is 3.64. The lowest BCUT2D eigenvalue weighted by Crippen LogP contribution is -2.35. The Bertz CT molecular complexity index is 1560. The van der Waals surface area contributed by atoms with E-state index in [2.05, 4.69) is 32.2 Å². The first-order valence-corrected chi connectivity index (χ1v) is 11.7. The van der Waals surface area contributed by atoms with E-state index in [1.807, 2.05) is 0 Å². The van der Waals surface area contributed by atoms with Gasteiger partial charge in [0.25, 0.3) is 5.91 Å². The lowest BCUT2D eigenvalue weighted by Gasteiger charge is -2.15. The number of nitriles is 1. The SMILES string of the molecule is N#Cc1c(-c2cccc(NC(=O)[C@@H]3CCCN3)c2)cc(-c2ccc(F)cc2O)nc1NC(=O)c1ccno1. The summed E-state index contributed by atoms with van der Waals surface area (Å²) in [6, 6.07) is 15.0. The van der Waals surface area contributed by atoms with Crippen molar-refractivity contribution in [1.82, 2.24) is 15.5 Å². The molecule has 11 heteroatoms. The molecule has 1 saturated heterocycles. The van der Waals surface area contributed by atoms with Crippen LogP contribution in [0.4, 0.5) is 15.9 Å². The number of aromatic hydroxyl groups is 1. The van der Waals surface area contributed by atoms with Gasteiger partial charge in [-0.3, -0.25) is 9.59 Å². The zero-order valence-corrected chi connectivity index (χ0v) is 19.9. The lowest BCUT2D eigenvalue weighted by atomic mass is 9.97. The summed E-state index contributed by atoms with van der Waals surface area (Å²) in [7, 11) is 0. The fourth-order valence-corrected chi connectivity index (χ4v) is 4.24. The van der Waals surface area contributed by atoms with E-state index in [1.54, 1.807) is 30.3 Å². The molecule has 0 unspecified atom stereocenters. The molecule has 0 spiro atoms. The Labute approximate surface area is 216 Å². The van der Waals surface area contributed by atoms with Gasteiger partial charge in [-0.2, -0.15) is 5.26 Å². The highest BCUT2D eigenvalue weighted by atomic mass is 19.1. The van der Waals surface area contributed by atoms with Crippen LogP contribution in [-0.2, 0) is 4.79 Å². The Kier molecular flexibility index (Phi) is 6.80. The van der Waals surface area contributed by atoms with Gasteiger partial charge in [-0.25, -0.2) is 9.37 Å². The Hall–Kier alpha value is -5.08. The topological polar surface area (TPSA) is 153 Å². The summed E-state index contributed by atoms with van der Waals surface area (Å²) in [5.41, 5.74) is 1.81. The Balaban J connectivity index is 1.60. The summed E-state index contributed by atoms with van der Waals surface area (Å²) in [5, 5.41) is 32.6. The van der Waals surface area contributed by atoms with E-state index in [9.17, 15) is 24.3 Å². The number of pyridine rings is 1. The number of nitrogens with zero attached hydrogens (tertiary/aromatic N) is 3. The number of hydrogen-bond donors (Lipinski definition) is 4. The van der Waals surface area contributed by atoms with Crippen molar-refractivity contribution < 1.29 is 23.6 Å². The van der Waals surface area contributed by atoms with Gasteiger partial charge in [0, 0.05) is 28.9 Å². The van der Waals surface area contributed by atoms with Crippen molar-refractivity contribution in [3.63, 3.8) is 0 Å². The molecule has 4 aromatic rings. The second kappa shape index (κ2) is 10.5. The minimum atomic E-state index is -0.692. The molecule has 38 heavy (non-hydrogen) atoms. The molecule has 10 nitrogen and oxygen atoms in total. The first-order chi connectivity index (χ1) is 18.4. The number of anilines is 2. The van der Waals surface area contributed by atoms with Crippen LogP contribution in [0.3, 0.4) is 0 Å². The van der Waals surface area contributed by atoms with Crippen LogP contribution in [0, 0.1) is 17.1 Å². The van der Waals surface area contributed by atoms with Gasteiger partial charge in [-0.05, 0) is 55.3 Å². The third kappa shape index (κ3) is 5.07. The number of rotatable bonds is 6. The summed E-state index contributed by atoms with van der Waals surface area (Å²) in [4.78, 5) is 29.7. The van der Waals surface area contributed by atoms with Crippen molar-refractivity contribution >= 4 is 23.3 Å². The van der Waals surface area contributed by atoms with Crippen LogP contribution in [0.5, 0.6) is 5.75 Å². The molecule has 1 atom stereocenters. The van der Waals surface area contributed by atoms with Crippen molar-refractivity contribution in [2.75, 3.05) is 17.2 Å². The van der Waals surface area contributed by atoms with Gasteiger partial charge in [0.05, 0.1) is 17.9 Å². The molecule has 0 saturated carbocycles. The highest BCUT2D eigenvalue weighted by Crippen LogP contribution is 2.36. The molecule has 190 valence electrons. The Morgan fingerprint density at radius 1 is 1.13 bits per heavy atom. The number of benzene rings is 2. The standard InChI is InChI=1S/C27H21FN6O4/c28-16-6-7-18(23(35)12-16)22-13-19(20(14-29)25(33-22)34-27(37)24-8-10-31-38-24)15-3-1-4-17(11-15)32-26(36)21-5-2-9-30-21/h1,3-4,6-8,10-13,21,30,35H,2,5,9H2,(H,32,36)(H,33,34,37)/t21-/m0/s1. The van der Waals surface area contributed by atoms with Gasteiger partial charge in [-0.1, -0.05) is 17.3 Å². The van der Waals surface area contributed by atoms with E-state index in [0.717, 1.165) is 31.5 Å². The first-order valence-electron chi connectivity index (χ1n) is 11.7. The zero-order chi connectivity index (χ0) is 26.6. The molecule has 2 aromatic carbocycles. The van der Waals surface area contributed by atoms with Crippen molar-refractivity contribution in [3.8, 4) is 34.2 Å². The van der Waals surface area contributed by atoms with Crippen molar-refractivity contribution in [3.05, 3.63) is 77.9 Å². The van der Waals surface area contributed by atoms with Gasteiger partial charge < -0.3 is 25.6 Å². The van der Waals surface area contributed by atoms with E-state index >= 15 is 0 Å². The van der Waals surface area contributed by atoms with Crippen LogP contribution in [0.2, 0.25) is 0 Å². The maximum atomic E-state index is 13.7. The molecule has 0 bridgehead atoms. The molecule has 5 rings (SSSR count). The summed E-state index contributed by atoms with van der Waals surface area (Å²) >= 11 is 0. The maximum Gasteiger partial charge on any atom is 0.295 e. The number of aromatic nitrogens is 2. The number of phenols is 1. The predicted octanol–water partition coefficient (Wildman–Crippen LogP) is 4.06. The number of carbonyl (C=O) groups is 2. The molecular formula is C27H21FN6O4. The molecule has 2 amide bonds. The second-order valence-electron chi connectivity index (χ2n) is 8.60. The van der Waals surface area contributed by atoms with Crippen LogP contribution in [0.1, 0.15) is 29.0 Å². The fraction of sp³-hybridized carbons (Fsp3) is 0.148. The fourth-order valence-electron chi connectivity index (χ4n) is 4.24. The molecule has 4 N–H and O–H groups in total. The second-order valence-corrected chi connectivity index (χ2v) is 8.60. The molecular weight excluding hydrogens is 491 g/mol. The maximum absolute atomic E-state index is 13.7. The normalized spacial score (nSPS) is 14.6. The first kappa shape index (κ1) is 24.6. The highest BCUT2D eigenvalue weighted by molar-refractivity contribution is 6.03. The Morgan fingerprint density at radius 3 is 2.71 bits per heavy atom. The minimum Gasteiger partial charge on any atom is -0.507 e. The summed E-state index contributed by atoms with van der Waals surface area (Å²) < 4.78 is 18.6. The van der Waals surface area contributed by atoms with Crippen LogP contribution in [0.15, 0.2) is 65.3 Å². The number of amides is 2. The van der Waals surface area contributed by atoms with Crippen molar-refractivity contribution in [1.29, 1.82) is 5.26 Å². The minimum absolute atomic E-state index is 0.0316. The van der Waals surface area contributed by atoms with Gasteiger partial charge in [0.2, 0.25) is 11.7 Å². The predicted molar refractivity (Wildman–Crippen MR) is 136 cm³/mol. The third-order valence-electron chi connectivity index (χ3n) is 6.08. The molecule has 1 aliphatic rings. The number of phenolic OH excluding ortho intramolecular Hbond substituents is 1. The molecule has 1 fully saturated rings. The number of nitrogens with one attached hydrogen (secondary N) is 3. The van der Waals surface area contributed by atoms with Gasteiger partial charge >= 0.3 is 0 Å². The summed E-state index contributed by atoms with van der Waals surface area (Å²) in [6.07, 6.45) is 2.96. The van der Waals surface area contributed by atoms with Crippen LogP contribution < -0.4 is 16.0 Å². The van der Waals surface area contributed by atoms with Gasteiger partial charge in [-0.15, -0.1) is 0 Å². The number of carbonyl (C=O) groups excluding carboxylic acids is 2. The Morgan fingerprint density at radius 2 is 2.00 bits per heavy atom. The highest BCUT2D eigenvalue weighted by Gasteiger charge is 2.23. The molecule has 0 radical (unpaired) electrons. The smallest absolute Gasteiger partial charge is 0.295 e. The molecule has 1 aliphatic heterocycles.